The molecule has 3 rings (SSSR count). The van der Waals surface area contributed by atoms with Gasteiger partial charge in [-0.15, -0.1) is 0 Å². The summed E-state index contributed by atoms with van der Waals surface area (Å²) < 4.78 is 6.63. The van der Waals surface area contributed by atoms with E-state index < -0.39 is 10.8 Å². The minimum atomic E-state index is -0.683. The third-order valence-electron chi connectivity index (χ3n) is 4.19. The third kappa shape index (κ3) is 6.01. The summed E-state index contributed by atoms with van der Waals surface area (Å²) in [5.74, 6) is -0.181. The Labute approximate surface area is 186 Å². The normalized spacial score (nSPS) is 10.8. The Kier molecular flexibility index (Phi) is 7.14. The molecule has 31 heavy (non-hydrogen) atoms. The zero-order valence-electron chi connectivity index (χ0n) is 16.1. The lowest BCUT2D eigenvalue weighted by Crippen LogP contribution is -2.13. The van der Waals surface area contributed by atoms with Crippen LogP contribution in [0.1, 0.15) is 11.1 Å². The van der Waals surface area contributed by atoms with E-state index in [4.69, 9.17) is 4.74 Å². The number of hydrogen-bond acceptors (Lipinski definition) is 5. The van der Waals surface area contributed by atoms with Crippen LogP contribution < -0.4 is 10.1 Å². The van der Waals surface area contributed by atoms with Crippen molar-refractivity contribution < 1.29 is 14.5 Å². The second kappa shape index (κ2) is 10.2. The number of nitrogens with one attached hydrogen (secondary N) is 1. The molecule has 0 heterocycles. The highest BCUT2D eigenvalue weighted by atomic mass is 79.9. The van der Waals surface area contributed by atoms with Crippen molar-refractivity contribution in [2.75, 3.05) is 5.32 Å². The monoisotopic (exact) mass is 477 g/mol. The molecule has 8 heteroatoms. The van der Waals surface area contributed by atoms with Crippen molar-refractivity contribution in [3.8, 4) is 11.8 Å². The van der Waals surface area contributed by atoms with Gasteiger partial charge < -0.3 is 10.1 Å². The van der Waals surface area contributed by atoms with Gasteiger partial charge in [-0.25, -0.2) is 0 Å². The predicted molar refractivity (Wildman–Crippen MR) is 120 cm³/mol. The molecule has 0 unspecified atom stereocenters. The molecule has 0 aliphatic rings. The molecule has 154 valence electrons. The number of benzene rings is 3. The van der Waals surface area contributed by atoms with Crippen molar-refractivity contribution >= 4 is 39.3 Å². The SMILES string of the molecule is N#C/C(=C\c1cc(Br)ccc1OCc1ccccc1)C(=O)Nc1cccc([N+](=O)[O-])c1. The van der Waals surface area contributed by atoms with E-state index >= 15 is 0 Å². The zero-order valence-corrected chi connectivity index (χ0v) is 17.7. The minimum Gasteiger partial charge on any atom is -0.488 e. The highest BCUT2D eigenvalue weighted by Crippen LogP contribution is 2.27. The summed E-state index contributed by atoms with van der Waals surface area (Å²) in [6, 6.07) is 22.2. The second-order valence-corrected chi connectivity index (χ2v) is 7.30. The molecule has 7 nitrogen and oxygen atoms in total. The van der Waals surface area contributed by atoms with Crippen molar-refractivity contribution in [1.82, 2.24) is 0 Å². The molecule has 0 saturated carbocycles. The summed E-state index contributed by atoms with van der Waals surface area (Å²) in [5.41, 5.74) is 1.40. The van der Waals surface area contributed by atoms with Gasteiger partial charge in [0.15, 0.2) is 0 Å². The first-order chi connectivity index (χ1) is 15.0. The van der Waals surface area contributed by atoms with Crippen LogP contribution in [0.5, 0.6) is 5.75 Å². The first-order valence-corrected chi connectivity index (χ1v) is 9.89. The quantitative estimate of drug-likeness (QED) is 0.210. The molecular weight excluding hydrogens is 462 g/mol. The van der Waals surface area contributed by atoms with E-state index in [0.29, 0.717) is 17.9 Å². The predicted octanol–water partition coefficient (Wildman–Crippen LogP) is 5.48. The number of carbonyl (C=O) groups excluding carboxylic acids is 1. The maximum atomic E-state index is 12.6. The van der Waals surface area contributed by atoms with Gasteiger partial charge >= 0.3 is 0 Å². The molecular formula is C23H16BrN3O4. The fraction of sp³-hybridized carbons (Fsp3) is 0.0435. The average molecular weight is 478 g/mol. The van der Waals surface area contributed by atoms with Crippen molar-refractivity contribution in [1.29, 1.82) is 5.26 Å². The molecule has 0 aromatic heterocycles. The number of hydrogen-bond donors (Lipinski definition) is 1. The van der Waals surface area contributed by atoms with Crippen LogP contribution in [0, 0.1) is 21.4 Å². The van der Waals surface area contributed by atoms with E-state index in [0.717, 1.165) is 10.0 Å². The summed E-state index contributed by atoms with van der Waals surface area (Å²) >= 11 is 3.38. The molecule has 0 aliphatic heterocycles. The number of nitrogens with zero attached hydrogens (tertiary/aromatic N) is 2. The summed E-state index contributed by atoms with van der Waals surface area (Å²) in [4.78, 5) is 22.9. The highest BCUT2D eigenvalue weighted by Gasteiger charge is 2.14. The van der Waals surface area contributed by atoms with Crippen LogP contribution >= 0.6 is 15.9 Å². The first kappa shape index (κ1) is 21.7. The van der Waals surface area contributed by atoms with E-state index in [2.05, 4.69) is 21.2 Å². The average Bonchev–Trinajstić information content (AvgIpc) is 2.77. The van der Waals surface area contributed by atoms with Crippen molar-refractivity contribution in [2.45, 2.75) is 6.61 Å². The van der Waals surface area contributed by atoms with Crippen LogP contribution in [-0.2, 0) is 11.4 Å². The molecule has 0 fully saturated rings. The Morgan fingerprint density at radius 3 is 2.61 bits per heavy atom. The van der Waals surface area contributed by atoms with Gasteiger partial charge in [-0.05, 0) is 35.9 Å². The fourth-order valence-corrected chi connectivity index (χ4v) is 3.08. The van der Waals surface area contributed by atoms with Crippen molar-refractivity contribution in [3.05, 3.63) is 104 Å². The van der Waals surface area contributed by atoms with Crippen LogP contribution in [0.4, 0.5) is 11.4 Å². The van der Waals surface area contributed by atoms with Crippen LogP contribution in [0.25, 0.3) is 6.08 Å². The van der Waals surface area contributed by atoms with E-state index in [-0.39, 0.29) is 16.9 Å². The molecule has 1 N–H and O–H groups in total. The maximum Gasteiger partial charge on any atom is 0.271 e. The number of carbonyl (C=O) groups is 1. The van der Waals surface area contributed by atoms with Crippen LogP contribution in [0.15, 0.2) is 82.8 Å². The van der Waals surface area contributed by atoms with Gasteiger partial charge in [-0.3, -0.25) is 14.9 Å². The zero-order chi connectivity index (χ0) is 22.2. The van der Waals surface area contributed by atoms with E-state index in [1.54, 1.807) is 18.2 Å². The fourth-order valence-electron chi connectivity index (χ4n) is 2.70. The summed E-state index contributed by atoms with van der Waals surface area (Å²) in [7, 11) is 0. The first-order valence-electron chi connectivity index (χ1n) is 9.10. The molecule has 1 amide bonds. The Hall–Kier alpha value is -3.96. The van der Waals surface area contributed by atoms with Crippen molar-refractivity contribution in [3.63, 3.8) is 0 Å². The van der Waals surface area contributed by atoms with Crippen LogP contribution in [-0.4, -0.2) is 10.8 Å². The van der Waals surface area contributed by atoms with Gasteiger partial charge in [-0.2, -0.15) is 5.26 Å². The Balaban J connectivity index is 1.83. The van der Waals surface area contributed by atoms with Gasteiger partial charge in [0.1, 0.15) is 24.0 Å². The van der Waals surface area contributed by atoms with Gasteiger partial charge in [-0.1, -0.05) is 52.3 Å². The third-order valence-corrected chi connectivity index (χ3v) is 4.68. The summed E-state index contributed by atoms with van der Waals surface area (Å²) in [5, 5.41) is 22.9. The summed E-state index contributed by atoms with van der Waals surface area (Å²) in [6.45, 7) is 0.324. The lowest BCUT2D eigenvalue weighted by Gasteiger charge is -2.11. The lowest BCUT2D eigenvalue weighted by molar-refractivity contribution is -0.384. The number of halogens is 1. The molecule has 0 bridgehead atoms. The van der Waals surface area contributed by atoms with Crippen molar-refractivity contribution in [2.24, 2.45) is 0 Å². The van der Waals surface area contributed by atoms with Gasteiger partial charge in [0.25, 0.3) is 11.6 Å². The van der Waals surface area contributed by atoms with Crippen LogP contribution in [0.3, 0.4) is 0 Å². The Bertz CT molecular complexity index is 1190. The standard InChI is InChI=1S/C23H16BrN3O4/c24-19-9-10-22(31-15-16-5-2-1-3-6-16)17(12-19)11-18(14-25)23(28)26-20-7-4-8-21(13-20)27(29)30/h1-13H,15H2,(H,26,28)/b18-11+. The number of amides is 1. The second-order valence-electron chi connectivity index (χ2n) is 6.39. The number of ether oxygens (including phenoxy) is 1. The maximum absolute atomic E-state index is 12.6. The number of nitro groups is 1. The Morgan fingerprint density at radius 1 is 1.13 bits per heavy atom. The van der Waals surface area contributed by atoms with Gasteiger partial charge in [0.05, 0.1) is 4.92 Å². The minimum absolute atomic E-state index is 0.163. The molecule has 0 spiro atoms. The van der Waals surface area contributed by atoms with E-state index in [9.17, 15) is 20.2 Å². The number of nitriles is 1. The number of nitro benzene ring substituents is 1. The topological polar surface area (TPSA) is 105 Å². The number of rotatable bonds is 7. The smallest absolute Gasteiger partial charge is 0.271 e. The van der Waals surface area contributed by atoms with Gasteiger partial charge in [0, 0.05) is 27.9 Å². The molecule has 0 saturated heterocycles. The molecule has 0 atom stereocenters. The lowest BCUT2D eigenvalue weighted by atomic mass is 10.1. The highest BCUT2D eigenvalue weighted by molar-refractivity contribution is 9.10. The van der Waals surface area contributed by atoms with Gasteiger partial charge in [0.2, 0.25) is 0 Å². The molecule has 3 aromatic carbocycles. The Morgan fingerprint density at radius 2 is 1.90 bits per heavy atom. The van der Waals surface area contributed by atoms with E-state index in [1.807, 2.05) is 36.4 Å². The van der Waals surface area contributed by atoms with E-state index in [1.165, 1.54) is 30.3 Å². The van der Waals surface area contributed by atoms with Crippen LogP contribution in [0.2, 0.25) is 0 Å². The summed E-state index contributed by atoms with van der Waals surface area (Å²) in [6.07, 6.45) is 1.41. The number of non-ortho nitro benzene ring substituents is 1. The molecule has 0 aliphatic carbocycles. The molecule has 3 aromatic rings. The largest absolute Gasteiger partial charge is 0.488 e. The molecule has 0 radical (unpaired) electrons. The number of anilines is 1.